The first kappa shape index (κ1) is 107. The molecule has 0 saturated heterocycles. The van der Waals surface area contributed by atoms with Crippen LogP contribution in [0.5, 0.6) is 0 Å². The molecule has 0 rings (SSSR count). The molecule has 20 nitrogen and oxygen atoms in total. The lowest BCUT2D eigenvalue weighted by Gasteiger charge is -2.27. The van der Waals surface area contributed by atoms with E-state index in [-0.39, 0.29) is 99.7 Å². The standard InChI is InChI=1S/C9H16O3.2C9H16O2.C8H16O3.C8H16O2.C6H14O3.C6H12O2.C6H12.C5H10O.CH4.H2O2/c1-7(6-10)12-8(11)5-9(2,3)4;2*1-7(6-10)8(11)5-9(2,3)4;1-6(9)11-7(10-5)8(2,3)4;1-6(9)7(10-5)8(2,3)4;1-6(2,3)5(8-4)9-7;1-6(2,3)4-5(7)8;1-5-6(2,3)4;1-5(2,3)4-6;;1-2/h6,10H,5H2,1-4H3;6,10H,5H2,1-4H3;6-7H,5H2,1-4H3;7H,1-5H3;7H,1-5H3;5,7H,1-4H3;4H2,1-3H3,(H,7,8);5H,1H2,2-4H3;4H,1-3H3;1H4;1-2H/p+1/b2*7-6-;;;;;;;;;/t;;3*7-;5-;;;;;/m..1111...../s1. The number of allylic oxidation sites excluding steroid dienone is 3. The minimum absolute atomic E-state index is 0. The summed E-state index contributed by atoms with van der Waals surface area (Å²) in [4.78, 5) is 88.9. The topological polar surface area (TPSA) is 313 Å². The number of carbonyl (C=O) groups is 8. The molecule has 0 aliphatic carbocycles. The largest absolute Gasteiger partial charge is 1.00 e. The quantitative estimate of drug-likeness (QED) is 0.0108. The first-order chi connectivity index (χ1) is 37.9. The number of carboxylic acid groups (broad SMARTS) is 1. The van der Waals surface area contributed by atoms with Gasteiger partial charge in [0.2, 0.25) is 6.29 Å². The molecule has 0 saturated carbocycles. The minimum atomic E-state index is -0.725. The Bertz CT molecular complexity index is 1870. The Morgan fingerprint density at radius 1 is 0.529 bits per heavy atom. The van der Waals surface area contributed by atoms with Crippen LogP contribution in [0, 0.1) is 54.7 Å². The predicted molar refractivity (Wildman–Crippen MR) is 353 cm³/mol. The molecule has 6 N–H and O–H groups in total. The second kappa shape index (κ2) is 52.1. The number of esters is 2. The van der Waals surface area contributed by atoms with Gasteiger partial charge >= 0.3 is 19.3 Å². The molecule has 0 radical (unpaired) electrons. The summed E-state index contributed by atoms with van der Waals surface area (Å²) in [5.41, 5.74) is 0.0127. The number of aliphatic hydroxyl groups is 2. The zero-order chi connectivity index (χ0) is 72.0. The van der Waals surface area contributed by atoms with E-state index in [9.17, 15) is 38.4 Å². The maximum atomic E-state index is 11.2. The number of methoxy groups -OCH3 is 3. The monoisotopic (exact) mass is 1260 g/mol. The summed E-state index contributed by atoms with van der Waals surface area (Å²) in [5.74, 6) is -1.42. The van der Waals surface area contributed by atoms with Gasteiger partial charge < -0.3 is 48.6 Å². The van der Waals surface area contributed by atoms with Crippen molar-refractivity contribution in [2.75, 3.05) is 21.3 Å². The Morgan fingerprint density at radius 3 is 0.989 bits per heavy atom. The Kier molecular flexibility index (Phi) is 64.1. The smallest absolute Gasteiger partial charge is 0.515 e. The normalized spacial score (nSPS) is 13.0. The van der Waals surface area contributed by atoms with Gasteiger partial charge in [-0.15, -0.1) is 6.58 Å². The molecular formula is C67H135O20+. The summed E-state index contributed by atoms with van der Waals surface area (Å²) in [6, 6.07) is 0. The summed E-state index contributed by atoms with van der Waals surface area (Å²) in [5, 5.41) is 45.4. The van der Waals surface area contributed by atoms with Crippen molar-refractivity contribution in [3.63, 3.8) is 0 Å². The average molecular weight is 1260 g/mol. The van der Waals surface area contributed by atoms with E-state index in [0.717, 1.165) is 18.8 Å². The van der Waals surface area contributed by atoms with E-state index in [2.05, 4.69) is 32.2 Å². The summed E-state index contributed by atoms with van der Waals surface area (Å²) in [7, 11) is 4.59. The minimum Gasteiger partial charge on any atom is -0.515 e. The molecule has 87 heavy (non-hydrogen) atoms. The van der Waals surface area contributed by atoms with Gasteiger partial charge in [-0.2, -0.15) is 0 Å². The van der Waals surface area contributed by atoms with Crippen LogP contribution in [-0.2, 0) is 66.9 Å². The zero-order valence-electron chi connectivity index (χ0n) is 61.6. The Balaban J connectivity index is -0.0000000739. The van der Waals surface area contributed by atoms with Crippen molar-refractivity contribution in [3.8, 4) is 0 Å². The second-order valence-electron chi connectivity index (χ2n) is 30.4. The van der Waals surface area contributed by atoms with E-state index in [4.69, 9.17) is 54.8 Å². The van der Waals surface area contributed by atoms with Gasteiger partial charge in [0, 0.05) is 62.9 Å². The maximum Gasteiger partial charge on any atom is 1.00 e. The number of Topliss-reactive ketones (excluding diaryl/α,β-unsaturated/α-hetero) is 3. The van der Waals surface area contributed by atoms with E-state index in [1.165, 1.54) is 28.1 Å². The molecule has 0 unspecified atom stereocenters. The Hall–Kier alpha value is -4.70. The maximum absolute atomic E-state index is 11.2. The van der Waals surface area contributed by atoms with E-state index in [1.54, 1.807) is 27.9 Å². The molecule has 0 fully saturated rings. The molecule has 0 aliphatic rings. The van der Waals surface area contributed by atoms with E-state index in [1.807, 2.05) is 172 Å². The van der Waals surface area contributed by atoms with Gasteiger partial charge in [-0.25, -0.2) is 10.1 Å². The average Bonchev–Trinajstić information content (AvgIpc) is 3.28. The molecule has 0 amide bonds. The highest BCUT2D eigenvalue weighted by Crippen LogP contribution is 2.25. The van der Waals surface area contributed by atoms with Crippen molar-refractivity contribution in [1.82, 2.24) is 0 Å². The lowest BCUT2D eigenvalue weighted by Crippen LogP contribution is -2.34. The third-order valence-electron chi connectivity index (χ3n) is 9.12. The van der Waals surface area contributed by atoms with Crippen LogP contribution < -0.4 is 0 Å². The number of hydrogen-bond donors (Lipinski definition) is 6. The first-order valence-electron chi connectivity index (χ1n) is 28.3. The fourth-order valence-corrected chi connectivity index (χ4v) is 4.99. The van der Waals surface area contributed by atoms with Crippen molar-refractivity contribution in [3.05, 3.63) is 36.5 Å². The van der Waals surface area contributed by atoms with Crippen LogP contribution >= 0.6 is 0 Å². The van der Waals surface area contributed by atoms with Crippen molar-refractivity contribution in [1.29, 1.82) is 0 Å². The lowest BCUT2D eigenvalue weighted by atomic mass is 9.87. The third kappa shape index (κ3) is 95.2. The molecule has 4 atom stereocenters. The SMILES string of the molecule is C.C/C(=C/O)C(=O)CC(C)(C)C.C/C(=C/O)OC(=O)CC(C)(C)C.C=CC(C)(C)C.CC(C)(C)C=O.CC(C)(C)CC(=O)O.CO[C@H](C(C)=O)C(C)(C)C.CO[C@H](OC(C)=O)C(C)(C)C.CO[C@H](OO)C(C)(C)C.C[C@H](C=O)C(=O)CC(C)(C)C.OO.[H+]. The van der Waals surface area contributed by atoms with E-state index in [0.29, 0.717) is 36.5 Å². The highest BCUT2D eigenvalue weighted by atomic mass is 17.1. The fourth-order valence-electron chi connectivity index (χ4n) is 4.99. The van der Waals surface area contributed by atoms with Gasteiger partial charge in [-0.05, 0) is 60.2 Å². The van der Waals surface area contributed by atoms with Crippen molar-refractivity contribution >= 4 is 47.8 Å². The number of carboxylic acids is 1. The fraction of sp³-hybridized carbons (Fsp3) is 0.791. The van der Waals surface area contributed by atoms with Crippen LogP contribution in [0.25, 0.3) is 0 Å². The molecule has 0 spiro atoms. The van der Waals surface area contributed by atoms with E-state index < -0.39 is 24.5 Å². The molecule has 0 aromatic heterocycles. The zero-order valence-corrected chi connectivity index (χ0v) is 60.6. The first-order valence-corrected chi connectivity index (χ1v) is 28.3. The van der Waals surface area contributed by atoms with Crippen LogP contribution in [0.2, 0.25) is 0 Å². The molecule has 522 valence electrons. The van der Waals surface area contributed by atoms with Crippen LogP contribution in [-0.4, -0.2) is 119 Å². The highest BCUT2D eigenvalue weighted by Gasteiger charge is 2.29. The van der Waals surface area contributed by atoms with Gasteiger partial charge in [0.05, 0.1) is 25.0 Å². The number of carbonyl (C=O) groups excluding carboxylic acids is 7. The number of hydrogen-bond acceptors (Lipinski definition) is 19. The lowest BCUT2D eigenvalue weighted by molar-refractivity contribution is -0.365. The van der Waals surface area contributed by atoms with Gasteiger partial charge in [-0.1, -0.05) is 200 Å². The van der Waals surface area contributed by atoms with Gasteiger partial charge in [0.25, 0.3) is 0 Å². The molecule has 0 bridgehead atoms. The number of ketones is 3. The number of aliphatic carboxylic acids is 1. The molecule has 0 aromatic rings. The van der Waals surface area contributed by atoms with Crippen molar-refractivity contribution in [2.24, 2.45) is 54.7 Å². The summed E-state index contributed by atoms with van der Waals surface area (Å²) >= 11 is 0. The molecule has 0 heterocycles. The Morgan fingerprint density at radius 2 is 0.862 bits per heavy atom. The third-order valence-corrected chi connectivity index (χ3v) is 9.12. The van der Waals surface area contributed by atoms with Gasteiger partial charge in [-0.3, -0.25) is 39.3 Å². The van der Waals surface area contributed by atoms with Crippen LogP contribution in [0.15, 0.2) is 36.5 Å². The second-order valence-corrected chi connectivity index (χ2v) is 30.4. The molecule has 0 aliphatic heterocycles. The van der Waals surface area contributed by atoms with Gasteiger partial charge in [0.1, 0.15) is 36.5 Å². The number of aldehydes is 2. The number of ether oxygens (including phenoxy) is 5. The van der Waals surface area contributed by atoms with Crippen LogP contribution in [0.4, 0.5) is 0 Å². The van der Waals surface area contributed by atoms with Crippen molar-refractivity contribution < 1.29 is 99.4 Å². The molecular weight excluding hydrogens is 1120 g/mol. The Labute approximate surface area is 531 Å². The number of rotatable bonds is 14. The van der Waals surface area contributed by atoms with Gasteiger partial charge in [0.15, 0.2) is 17.9 Å². The predicted octanol–water partition coefficient (Wildman–Crippen LogP) is 17.1. The molecule has 20 heteroatoms. The van der Waals surface area contributed by atoms with Crippen molar-refractivity contribution in [2.45, 2.75) is 273 Å². The van der Waals surface area contributed by atoms with E-state index >= 15 is 0 Å². The summed E-state index contributed by atoms with van der Waals surface area (Å²) in [6.07, 6.45) is 5.50. The highest BCUT2D eigenvalue weighted by molar-refractivity contribution is 5.94. The van der Waals surface area contributed by atoms with Crippen LogP contribution in [0.1, 0.15) is 256 Å². The van der Waals surface area contributed by atoms with Crippen LogP contribution in [0.3, 0.4) is 0 Å². The molecule has 0 aromatic carbocycles. The summed E-state index contributed by atoms with van der Waals surface area (Å²) in [6.45, 7) is 64.4. The summed E-state index contributed by atoms with van der Waals surface area (Å²) < 4.78 is 24.5. The number of aliphatic hydroxyl groups excluding tert-OH is 2.